The minimum absolute atomic E-state index is 0.111. The zero-order valence-corrected chi connectivity index (χ0v) is 36.6. The van der Waals surface area contributed by atoms with Gasteiger partial charge in [0.05, 0.1) is 50.1 Å². The Hall–Kier alpha value is -5.66. The first-order valence-corrected chi connectivity index (χ1v) is 21.9. The molecule has 0 radical (unpaired) electrons. The second-order valence-corrected chi connectivity index (χ2v) is 18.5. The van der Waals surface area contributed by atoms with Gasteiger partial charge in [-0.15, -0.1) is 0 Å². The molecule has 4 N–H and O–H groups in total. The maximum Gasteiger partial charge on any atom is 0.407 e. The lowest BCUT2D eigenvalue weighted by molar-refractivity contribution is -0.136. The van der Waals surface area contributed by atoms with Crippen molar-refractivity contribution in [2.45, 2.75) is 110 Å². The number of amides is 4. The predicted octanol–water partition coefficient (Wildman–Crippen LogP) is 8.08. The van der Waals surface area contributed by atoms with E-state index in [1.54, 1.807) is 0 Å². The van der Waals surface area contributed by atoms with Crippen LogP contribution in [-0.4, -0.2) is 93.1 Å². The fourth-order valence-corrected chi connectivity index (χ4v) is 10.5. The molecule has 3 fully saturated rings. The minimum Gasteiger partial charge on any atom is -0.453 e. The fraction of sp³-hybridized carbons (Fsp3) is 0.532. The van der Waals surface area contributed by atoms with Crippen molar-refractivity contribution in [1.29, 1.82) is 0 Å². The Bertz CT molecular complexity index is 2280. The summed E-state index contributed by atoms with van der Waals surface area (Å²) in [6.45, 7) is 13.1. The lowest BCUT2D eigenvalue weighted by Crippen LogP contribution is -2.51. The number of aromatic amines is 2. The second kappa shape index (κ2) is 17.0. The summed E-state index contributed by atoms with van der Waals surface area (Å²) in [5, 5.41) is 5.48. The Balaban J connectivity index is 1.03. The highest BCUT2D eigenvalue weighted by Crippen LogP contribution is 2.58. The Kier molecular flexibility index (Phi) is 11.7. The molecular formula is C47H60N8O6. The first-order chi connectivity index (χ1) is 29.3. The van der Waals surface area contributed by atoms with Gasteiger partial charge in [0, 0.05) is 18.7 Å². The van der Waals surface area contributed by atoms with Crippen molar-refractivity contribution in [2.75, 3.05) is 27.3 Å². The average Bonchev–Trinajstić information content (AvgIpc) is 4.12. The van der Waals surface area contributed by atoms with Crippen LogP contribution in [0.3, 0.4) is 0 Å². The van der Waals surface area contributed by atoms with Crippen molar-refractivity contribution in [3.8, 4) is 33.6 Å². The van der Waals surface area contributed by atoms with Gasteiger partial charge in [-0.3, -0.25) is 9.59 Å². The summed E-state index contributed by atoms with van der Waals surface area (Å²) in [5.41, 5.74) is 9.30. The van der Waals surface area contributed by atoms with E-state index in [0.29, 0.717) is 24.9 Å². The van der Waals surface area contributed by atoms with Crippen LogP contribution in [0.25, 0.3) is 33.6 Å². The van der Waals surface area contributed by atoms with Gasteiger partial charge in [-0.25, -0.2) is 19.6 Å². The quantitative estimate of drug-likeness (QED) is 0.117. The number of likely N-dealkylation sites (tertiary alicyclic amines) is 2. The summed E-state index contributed by atoms with van der Waals surface area (Å²) < 4.78 is 9.64. The van der Waals surface area contributed by atoms with Gasteiger partial charge in [-0.1, -0.05) is 77.9 Å². The molecule has 4 heterocycles. The summed E-state index contributed by atoms with van der Waals surface area (Å²) in [4.78, 5) is 72.5. The third-order valence-electron chi connectivity index (χ3n) is 13.5. The van der Waals surface area contributed by atoms with Crippen molar-refractivity contribution in [3.05, 3.63) is 71.6 Å². The zero-order valence-electron chi connectivity index (χ0n) is 36.6. The van der Waals surface area contributed by atoms with Gasteiger partial charge >= 0.3 is 12.2 Å². The van der Waals surface area contributed by atoms with Crippen LogP contribution in [0.1, 0.15) is 120 Å². The predicted molar refractivity (Wildman–Crippen MR) is 231 cm³/mol. The van der Waals surface area contributed by atoms with Crippen LogP contribution in [0.15, 0.2) is 48.8 Å². The van der Waals surface area contributed by atoms with E-state index in [4.69, 9.17) is 19.4 Å². The molecule has 4 amide bonds. The molecule has 2 aromatic carbocycles. The van der Waals surface area contributed by atoms with E-state index in [1.807, 2.05) is 49.9 Å². The van der Waals surface area contributed by atoms with E-state index < -0.39 is 24.3 Å². The average molecular weight is 833 g/mol. The smallest absolute Gasteiger partial charge is 0.407 e. The Morgan fingerprint density at radius 1 is 0.639 bits per heavy atom. The molecule has 2 unspecified atom stereocenters. The topological polar surface area (TPSA) is 175 Å². The van der Waals surface area contributed by atoms with Crippen LogP contribution < -0.4 is 10.6 Å². The Labute approximate surface area is 358 Å². The number of carbonyl (C=O) groups excluding carboxylic acids is 4. The highest BCUT2D eigenvalue weighted by atomic mass is 16.5. The van der Waals surface area contributed by atoms with Crippen LogP contribution >= 0.6 is 0 Å². The molecule has 2 aliphatic heterocycles. The van der Waals surface area contributed by atoms with Gasteiger partial charge in [0.25, 0.3) is 0 Å². The minimum atomic E-state index is -0.698. The van der Waals surface area contributed by atoms with Crippen LogP contribution in [-0.2, 0) is 19.1 Å². The molecule has 2 bridgehead atoms. The molecule has 2 aromatic heterocycles. The number of ether oxygens (including phenoxy) is 2. The number of imidazole rings is 2. The van der Waals surface area contributed by atoms with Gasteiger partial charge in [0.2, 0.25) is 11.8 Å². The van der Waals surface area contributed by atoms with Crippen molar-refractivity contribution in [2.24, 2.45) is 23.7 Å². The molecule has 61 heavy (non-hydrogen) atoms. The summed E-state index contributed by atoms with van der Waals surface area (Å²) in [6.07, 6.45) is 7.59. The second-order valence-electron chi connectivity index (χ2n) is 18.5. The van der Waals surface area contributed by atoms with E-state index in [1.165, 1.54) is 49.3 Å². The number of alkyl carbamates (subject to hydrolysis) is 2. The Morgan fingerprint density at radius 2 is 1.08 bits per heavy atom. The van der Waals surface area contributed by atoms with Gasteiger partial charge in [-0.05, 0) is 95.4 Å². The van der Waals surface area contributed by atoms with Crippen LogP contribution in [0.2, 0.25) is 0 Å². The van der Waals surface area contributed by atoms with E-state index in [-0.39, 0.29) is 47.6 Å². The lowest BCUT2D eigenvalue weighted by atomic mass is 9.82. The van der Waals surface area contributed by atoms with Crippen LogP contribution in [0.5, 0.6) is 0 Å². The van der Waals surface area contributed by atoms with Gasteiger partial charge in [-0.2, -0.15) is 0 Å². The molecule has 0 spiro atoms. The van der Waals surface area contributed by atoms with E-state index >= 15 is 0 Å². The van der Waals surface area contributed by atoms with E-state index in [9.17, 15) is 19.2 Å². The third-order valence-corrected chi connectivity index (χ3v) is 13.5. The highest BCUT2D eigenvalue weighted by Gasteiger charge is 2.43. The Morgan fingerprint density at radius 3 is 1.57 bits per heavy atom. The van der Waals surface area contributed by atoms with E-state index in [2.05, 4.69) is 70.8 Å². The molecular weight excluding hydrogens is 773 g/mol. The maximum absolute atomic E-state index is 13.9. The number of carbonyl (C=O) groups is 4. The summed E-state index contributed by atoms with van der Waals surface area (Å²) in [6, 6.07) is 11.3. The number of fused-ring (bicyclic) bond motifs is 5. The monoisotopic (exact) mass is 832 g/mol. The first-order valence-electron chi connectivity index (χ1n) is 21.9. The fourth-order valence-electron chi connectivity index (χ4n) is 10.5. The molecule has 4 aliphatic rings. The first kappa shape index (κ1) is 42.0. The van der Waals surface area contributed by atoms with Gasteiger partial charge < -0.3 is 39.9 Å². The van der Waals surface area contributed by atoms with Gasteiger partial charge in [0.1, 0.15) is 23.7 Å². The van der Waals surface area contributed by atoms with Crippen LogP contribution in [0, 0.1) is 23.7 Å². The number of hydrogen-bond acceptors (Lipinski definition) is 8. The van der Waals surface area contributed by atoms with Crippen molar-refractivity contribution >= 4 is 24.0 Å². The molecule has 2 saturated heterocycles. The van der Waals surface area contributed by atoms with E-state index in [0.717, 1.165) is 53.4 Å². The SMILES string of the molecule is COC(=O)N[C@H](C(=O)N1C[C@@H](C)C[C@H]1c1ncc(-c2ccc(-c3ccc(-c4cnc([C@@H]5C[C@H](C)CN5C(=O)[C@@H](NC(=O)OC)C(C)C)[nH]4)c4c3C3CCC4C3)cc2)[nH]1)C(C)C. The molecule has 2 aliphatic carbocycles. The molecule has 14 nitrogen and oxygen atoms in total. The van der Waals surface area contributed by atoms with Crippen molar-refractivity contribution < 1.29 is 28.7 Å². The van der Waals surface area contributed by atoms with Crippen molar-refractivity contribution in [3.63, 3.8) is 0 Å². The highest BCUT2D eigenvalue weighted by molar-refractivity contribution is 5.87. The molecule has 4 aromatic rings. The number of hydrogen-bond donors (Lipinski definition) is 4. The number of methoxy groups -OCH3 is 2. The number of nitrogens with zero attached hydrogens (tertiary/aromatic N) is 4. The lowest BCUT2D eigenvalue weighted by Gasteiger charge is -2.30. The summed E-state index contributed by atoms with van der Waals surface area (Å²) >= 11 is 0. The number of H-pyrrole nitrogens is 2. The zero-order chi connectivity index (χ0) is 43.3. The molecule has 8 rings (SSSR count). The molecule has 324 valence electrons. The molecule has 14 heteroatoms. The van der Waals surface area contributed by atoms with Crippen molar-refractivity contribution in [1.82, 2.24) is 40.4 Å². The van der Waals surface area contributed by atoms with Crippen LogP contribution in [0.4, 0.5) is 9.59 Å². The summed E-state index contributed by atoms with van der Waals surface area (Å²) in [7, 11) is 2.61. The van der Waals surface area contributed by atoms with Gasteiger partial charge in [0.15, 0.2) is 0 Å². The number of aromatic nitrogens is 4. The normalized spacial score (nSPS) is 24.0. The third kappa shape index (κ3) is 8.01. The molecule has 1 saturated carbocycles. The largest absolute Gasteiger partial charge is 0.453 e. The number of rotatable bonds is 11. The molecule has 8 atom stereocenters. The maximum atomic E-state index is 13.9. The standard InChI is InChI=1S/C47H60N8O6/c1-24(2)40(52-46(58)60-7)44(56)54-22-26(5)17-36(54)42-48-20-34(50-42)29-11-9-28(10-12-29)32-15-16-33(39-31-14-13-30(19-31)38(32)39)35-21-49-43(51-35)37-18-27(6)23-55(37)45(57)41(25(3)4)53-47(59)61-8/h9-12,15-16,20-21,24-27,30-31,36-37,40-41H,13-14,17-19,22-23H2,1-8H3,(H,48,50)(H,49,51)(H,52,58)(H,53,59)/t26-,27-,30?,31?,36-,37-,40-,41-/m0/s1. The number of nitrogens with one attached hydrogen (secondary N) is 4. The number of benzene rings is 2. The summed E-state index contributed by atoms with van der Waals surface area (Å²) in [5.74, 6) is 2.58.